The van der Waals surface area contributed by atoms with Crippen molar-refractivity contribution in [2.45, 2.75) is 6.18 Å². The molecule has 0 unspecified atom stereocenters. The summed E-state index contributed by atoms with van der Waals surface area (Å²) in [5.41, 5.74) is 3.53. The lowest BCUT2D eigenvalue weighted by atomic mass is 10.1. The average Bonchev–Trinajstić information content (AvgIpc) is 2.14. The van der Waals surface area contributed by atoms with E-state index >= 15 is 0 Å². The Labute approximate surface area is 99.1 Å². The molecule has 92 valence electrons. The number of hydrogen-bond acceptors (Lipinski definition) is 2. The van der Waals surface area contributed by atoms with Gasteiger partial charge in [-0.15, -0.1) is 0 Å². The van der Waals surface area contributed by atoms with Crippen molar-refractivity contribution in [2.24, 2.45) is 5.73 Å². The van der Waals surface area contributed by atoms with Crippen molar-refractivity contribution in [3.05, 3.63) is 34.3 Å². The standard InChI is InChI=1S/C9H7ClF3N3O/c10-6-2-4(7(17)16-8(14)15)1-5(3-6)9(11,12)13/h1-3H,(H4,14,15,16,17). The van der Waals surface area contributed by atoms with Gasteiger partial charge in [-0.1, -0.05) is 11.6 Å². The third kappa shape index (κ3) is 3.63. The summed E-state index contributed by atoms with van der Waals surface area (Å²) >= 11 is 5.47. The van der Waals surface area contributed by atoms with Gasteiger partial charge in [0.05, 0.1) is 5.56 Å². The van der Waals surface area contributed by atoms with Crippen LogP contribution in [0.4, 0.5) is 13.2 Å². The molecule has 4 nitrogen and oxygen atoms in total. The van der Waals surface area contributed by atoms with Gasteiger partial charge >= 0.3 is 6.18 Å². The molecule has 1 aromatic rings. The Morgan fingerprint density at radius 2 is 1.94 bits per heavy atom. The van der Waals surface area contributed by atoms with Crippen LogP contribution in [0.1, 0.15) is 15.9 Å². The largest absolute Gasteiger partial charge is 0.416 e. The fraction of sp³-hybridized carbons (Fsp3) is 0.111. The van der Waals surface area contributed by atoms with Gasteiger partial charge in [0.15, 0.2) is 5.96 Å². The fourth-order valence-corrected chi connectivity index (χ4v) is 1.31. The van der Waals surface area contributed by atoms with Crippen molar-refractivity contribution >= 4 is 23.5 Å². The average molecular weight is 266 g/mol. The topological polar surface area (TPSA) is 79.0 Å². The summed E-state index contributed by atoms with van der Waals surface area (Å²) in [6, 6.07) is 2.38. The minimum absolute atomic E-state index is 0.228. The van der Waals surface area contributed by atoms with Gasteiger partial charge in [-0.25, -0.2) is 0 Å². The van der Waals surface area contributed by atoms with Gasteiger partial charge in [0.2, 0.25) is 0 Å². The van der Waals surface area contributed by atoms with Crippen molar-refractivity contribution in [2.75, 3.05) is 0 Å². The molecule has 0 atom stereocenters. The molecule has 0 saturated heterocycles. The second-order valence-electron chi connectivity index (χ2n) is 3.09. The molecule has 4 N–H and O–H groups in total. The van der Waals surface area contributed by atoms with Gasteiger partial charge in [0.25, 0.3) is 5.91 Å². The molecule has 0 aliphatic heterocycles. The molecule has 0 aromatic heterocycles. The summed E-state index contributed by atoms with van der Waals surface area (Å²) in [7, 11) is 0. The van der Waals surface area contributed by atoms with E-state index in [0.717, 1.165) is 6.07 Å². The molecular weight excluding hydrogens is 259 g/mol. The first-order valence-corrected chi connectivity index (χ1v) is 4.61. The summed E-state index contributed by atoms with van der Waals surface area (Å²) in [5, 5.41) is 8.43. The number of alkyl halides is 3. The molecule has 1 rings (SSSR count). The molecule has 1 aromatic carbocycles. The van der Waals surface area contributed by atoms with Crippen molar-refractivity contribution in [3.63, 3.8) is 0 Å². The monoisotopic (exact) mass is 265 g/mol. The highest BCUT2D eigenvalue weighted by Crippen LogP contribution is 2.31. The Morgan fingerprint density at radius 3 is 2.41 bits per heavy atom. The normalized spacial score (nSPS) is 11.1. The van der Waals surface area contributed by atoms with Gasteiger partial charge < -0.3 is 5.73 Å². The van der Waals surface area contributed by atoms with E-state index in [1.807, 2.05) is 5.32 Å². The number of carbonyl (C=O) groups excluding carboxylic acids is 1. The van der Waals surface area contributed by atoms with Crippen molar-refractivity contribution in [1.29, 1.82) is 5.41 Å². The third-order valence-electron chi connectivity index (χ3n) is 1.74. The summed E-state index contributed by atoms with van der Waals surface area (Å²) in [6.45, 7) is 0. The highest BCUT2D eigenvalue weighted by atomic mass is 35.5. The number of nitrogens with one attached hydrogen (secondary N) is 2. The number of benzene rings is 1. The highest BCUT2D eigenvalue weighted by Gasteiger charge is 2.31. The van der Waals surface area contributed by atoms with Gasteiger partial charge in [0, 0.05) is 10.6 Å². The van der Waals surface area contributed by atoms with Gasteiger partial charge in [0.1, 0.15) is 0 Å². The molecular formula is C9H7ClF3N3O. The first-order chi connectivity index (χ1) is 7.70. The maximum atomic E-state index is 12.4. The lowest BCUT2D eigenvalue weighted by molar-refractivity contribution is -0.137. The van der Waals surface area contributed by atoms with Gasteiger partial charge in [-0.05, 0) is 18.2 Å². The van der Waals surface area contributed by atoms with Crippen LogP contribution in [0, 0.1) is 5.41 Å². The van der Waals surface area contributed by atoms with Crippen LogP contribution in [-0.2, 0) is 6.18 Å². The molecule has 0 saturated carbocycles. The number of guanidine groups is 1. The van der Waals surface area contributed by atoms with E-state index in [2.05, 4.69) is 0 Å². The summed E-state index contributed by atoms with van der Waals surface area (Å²) in [5.74, 6) is -1.59. The van der Waals surface area contributed by atoms with E-state index in [4.69, 9.17) is 22.7 Å². The Balaban J connectivity index is 3.14. The SMILES string of the molecule is N=C(N)NC(=O)c1cc(Cl)cc(C(F)(F)F)c1. The minimum atomic E-state index is -4.60. The Morgan fingerprint density at radius 1 is 1.35 bits per heavy atom. The third-order valence-corrected chi connectivity index (χ3v) is 1.95. The number of hydrogen-bond donors (Lipinski definition) is 3. The molecule has 17 heavy (non-hydrogen) atoms. The van der Waals surface area contributed by atoms with Crippen molar-refractivity contribution in [3.8, 4) is 0 Å². The van der Waals surface area contributed by atoms with Crippen molar-refractivity contribution < 1.29 is 18.0 Å². The van der Waals surface area contributed by atoms with E-state index in [1.165, 1.54) is 0 Å². The predicted octanol–water partition coefficient (Wildman–Crippen LogP) is 1.98. The molecule has 0 bridgehead atoms. The Hall–Kier alpha value is -1.76. The van der Waals surface area contributed by atoms with E-state index < -0.39 is 23.6 Å². The maximum absolute atomic E-state index is 12.4. The maximum Gasteiger partial charge on any atom is 0.416 e. The second kappa shape index (κ2) is 4.62. The van der Waals surface area contributed by atoms with Gasteiger partial charge in [-0.2, -0.15) is 13.2 Å². The minimum Gasteiger partial charge on any atom is -0.370 e. The summed E-state index contributed by atoms with van der Waals surface area (Å²) < 4.78 is 37.2. The molecule has 0 heterocycles. The van der Waals surface area contributed by atoms with Gasteiger partial charge in [-0.3, -0.25) is 15.5 Å². The predicted molar refractivity (Wildman–Crippen MR) is 55.8 cm³/mol. The number of halogens is 4. The molecule has 0 aliphatic rings. The van der Waals surface area contributed by atoms with Crippen LogP contribution in [0.5, 0.6) is 0 Å². The van der Waals surface area contributed by atoms with E-state index in [0.29, 0.717) is 12.1 Å². The molecule has 0 fully saturated rings. The summed E-state index contributed by atoms with van der Waals surface area (Å²) in [6.07, 6.45) is -4.60. The highest BCUT2D eigenvalue weighted by molar-refractivity contribution is 6.31. The van der Waals surface area contributed by atoms with Crippen LogP contribution in [0.15, 0.2) is 18.2 Å². The first-order valence-electron chi connectivity index (χ1n) is 4.23. The fourth-order valence-electron chi connectivity index (χ4n) is 1.08. The first kappa shape index (κ1) is 13.3. The number of rotatable bonds is 1. The zero-order valence-corrected chi connectivity index (χ0v) is 8.99. The lowest BCUT2D eigenvalue weighted by Crippen LogP contribution is -2.35. The van der Waals surface area contributed by atoms with Crippen LogP contribution in [0.25, 0.3) is 0 Å². The lowest BCUT2D eigenvalue weighted by Gasteiger charge is -2.09. The number of carbonyl (C=O) groups is 1. The second-order valence-corrected chi connectivity index (χ2v) is 3.53. The van der Waals surface area contributed by atoms with E-state index in [9.17, 15) is 18.0 Å². The quantitative estimate of drug-likeness (QED) is 0.536. The van der Waals surface area contributed by atoms with Crippen LogP contribution >= 0.6 is 11.6 Å². The number of amides is 1. The van der Waals surface area contributed by atoms with E-state index in [1.54, 1.807) is 0 Å². The van der Waals surface area contributed by atoms with Crippen LogP contribution in [0.3, 0.4) is 0 Å². The zero-order valence-electron chi connectivity index (χ0n) is 8.23. The Kier molecular flexibility index (Phi) is 3.62. The van der Waals surface area contributed by atoms with Crippen LogP contribution in [0.2, 0.25) is 5.02 Å². The van der Waals surface area contributed by atoms with Crippen LogP contribution < -0.4 is 11.1 Å². The molecule has 0 radical (unpaired) electrons. The molecule has 0 spiro atoms. The summed E-state index contributed by atoms with van der Waals surface area (Å²) in [4.78, 5) is 11.3. The smallest absolute Gasteiger partial charge is 0.370 e. The molecule has 1 amide bonds. The van der Waals surface area contributed by atoms with Crippen LogP contribution in [-0.4, -0.2) is 11.9 Å². The molecule has 8 heteroatoms. The Bertz CT molecular complexity index is 473. The van der Waals surface area contributed by atoms with Crippen molar-refractivity contribution in [1.82, 2.24) is 5.32 Å². The van der Waals surface area contributed by atoms with E-state index in [-0.39, 0.29) is 10.6 Å². The number of nitrogens with two attached hydrogens (primary N) is 1. The zero-order chi connectivity index (χ0) is 13.2. The molecule has 0 aliphatic carbocycles.